The molecule has 0 atom stereocenters. The third kappa shape index (κ3) is 4.57. The SMILES string of the molecule is CN(c1ncc(CN2CCC(c3ccccc3)CC2)c2nc(-c3ccco3)nn12)C1CCCCC1. The minimum absolute atomic E-state index is 0.499. The van der Waals surface area contributed by atoms with Crippen LogP contribution in [0.15, 0.2) is 59.3 Å². The molecule has 4 aromatic rings. The Bertz CT molecular complexity index is 1240. The molecule has 1 aliphatic heterocycles. The predicted molar refractivity (Wildman–Crippen MR) is 137 cm³/mol. The van der Waals surface area contributed by atoms with Crippen LogP contribution in [0.25, 0.3) is 17.2 Å². The molecule has 182 valence electrons. The Hall–Kier alpha value is -3.19. The smallest absolute Gasteiger partial charge is 0.228 e. The van der Waals surface area contributed by atoms with Crippen LogP contribution in [-0.2, 0) is 6.54 Å². The van der Waals surface area contributed by atoms with Crippen molar-refractivity contribution in [1.82, 2.24) is 24.5 Å². The Kier molecular flexibility index (Phi) is 6.25. The van der Waals surface area contributed by atoms with Gasteiger partial charge in [0.1, 0.15) is 0 Å². The summed E-state index contributed by atoms with van der Waals surface area (Å²) in [5.41, 5.74) is 3.47. The van der Waals surface area contributed by atoms with Crippen molar-refractivity contribution in [2.45, 2.75) is 63.5 Å². The van der Waals surface area contributed by atoms with Gasteiger partial charge in [-0.1, -0.05) is 49.6 Å². The van der Waals surface area contributed by atoms with Crippen LogP contribution in [-0.4, -0.2) is 50.7 Å². The lowest BCUT2D eigenvalue weighted by atomic mass is 9.89. The second-order valence-electron chi connectivity index (χ2n) is 10.1. The maximum absolute atomic E-state index is 5.63. The van der Waals surface area contributed by atoms with E-state index in [0.29, 0.717) is 23.5 Å². The maximum Gasteiger partial charge on any atom is 0.228 e. The second-order valence-corrected chi connectivity index (χ2v) is 10.1. The number of hydrogen-bond donors (Lipinski definition) is 0. The fourth-order valence-electron chi connectivity index (χ4n) is 5.79. The van der Waals surface area contributed by atoms with E-state index in [1.807, 2.05) is 22.8 Å². The van der Waals surface area contributed by atoms with Crippen molar-refractivity contribution in [3.8, 4) is 11.6 Å². The van der Waals surface area contributed by atoms with Crippen molar-refractivity contribution in [3.63, 3.8) is 0 Å². The Morgan fingerprint density at radius 1 is 0.971 bits per heavy atom. The summed E-state index contributed by atoms with van der Waals surface area (Å²) in [5, 5.41) is 4.87. The Morgan fingerprint density at radius 2 is 1.77 bits per heavy atom. The first-order valence-electron chi connectivity index (χ1n) is 13.0. The molecule has 0 unspecified atom stereocenters. The fraction of sp³-hybridized carbons (Fsp3) is 0.464. The molecule has 0 bridgehead atoms. The monoisotopic (exact) mass is 470 g/mol. The third-order valence-corrected chi connectivity index (χ3v) is 7.85. The highest BCUT2D eigenvalue weighted by Gasteiger charge is 2.26. The summed E-state index contributed by atoms with van der Waals surface area (Å²) < 4.78 is 7.57. The Balaban J connectivity index is 1.27. The zero-order valence-corrected chi connectivity index (χ0v) is 20.5. The topological polar surface area (TPSA) is 62.7 Å². The summed E-state index contributed by atoms with van der Waals surface area (Å²) >= 11 is 0. The molecule has 4 heterocycles. The van der Waals surface area contributed by atoms with Gasteiger partial charge in [0.15, 0.2) is 11.4 Å². The fourth-order valence-corrected chi connectivity index (χ4v) is 5.79. The summed E-state index contributed by atoms with van der Waals surface area (Å²) in [6.45, 7) is 2.99. The van der Waals surface area contributed by atoms with Crippen LogP contribution in [0.5, 0.6) is 0 Å². The van der Waals surface area contributed by atoms with Gasteiger partial charge in [-0.25, -0.2) is 9.97 Å². The minimum Gasteiger partial charge on any atom is -0.461 e. The van der Waals surface area contributed by atoms with Crippen molar-refractivity contribution in [2.75, 3.05) is 25.0 Å². The number of nitrogens with zero attached hydrogens (tertiary/aromatic N) is 6. The molecular weight excluding hydrogens is 436 g/mol. The van der Waals surface area contributed by atoms with Gasteiger partial charge in [0, 0.05) is 31.4 Å². The van der Waals surface area contributed by atoms with Gasteiger partial charge in [-0.2, -0.15) is 4.52 Å². The van der Waals surface area contributed by atoms with Crippen LogP contribution >= 0.6 is 0 Å². The Morgan fingerprint density at radius 3 is 2.51 bits per heavy atom. The molecule has 0 amide bonds. The lowest BCUT2D eigenvalue weighted by Crippen LogP contribution is -2.36. The first-order valence-corrected chi connectivity index (χ1v) is 13.0. The van der Waals surface area contributed by atoms with Crippen LogP contribution in [0, 0.1) is 0 Å². The highest BCUT2D eigenvalue weighted by atomic mass is 16.3. The first-order chi connectivity index (χ1) is 17.3. The van der Waals surface area contributed by atoms with Gasteiger partial charge in [0.25, 0.3) is 0 Å². The average molecular weight is 471 g/mol. The lowest BCUT2D eigenvalue weighted by molar-refractivity contribution is 0.205. The van der Waals surface area contributed by atoms with Gasteiger partial charge in [-0.3, -0.25) is 4.90 Å². The standard InChI is InChI=1S/C28H34N6O/c1-32(24-11-6-3-7-12-24)28-29-19-23(27-30-26(31-34(27)28)25-13-8-18-35-25)20-33-16-14-22(15-17-33)21-9-4-2-5-10-21/h2,4-5,8-10,13,18-19,22,24H,3,6-7,11-12,14-17,20H2,1H3. The summed E-state index contributed by atoms with van der Waals surface area (Å²) in [5.74, 6) is 2.82. The number of rotatable bonds is 6. The van der Waals surface area contributed by atoms with Crippen molar-refractivity contribution >= 4 is 11.6 Å². The van der Waals surface area contributed by atoms with E-state index in [9.17, 15) is 0 Å². The molecule has 1 saturated carbocycles. The number of piperidine rings is 1. The van der Waals surface area contributed by atoms with Crippen molar-refractivity contribution < 1.29 is 4.42 Å². The van der Waals surface area contributed by atoms with Crippen LogP contribution in [0.2, 0.25) is 0 Å². The van der Waals surface area contributed by atoms with Crippen molar-refractivity contribution in [3.05, 3.63) is 66.1 Å². The van der Waals surface area contributed by atoms with Gasteiger partial charge >= 0.3 is 0 Å². The minimum atomic E-state index is 0.499. The van der Waals surface area contributed by atoms with Crippen molar-refractivity contribution in [2.24, 2.45) is 0 Å². The molecule has 0 spiro atoms. The van der Waals surface area contributed by atoms with Crippen molar-refractivity contribution in [1.29, 1.82) is 0 Å². The average Bonchev–Trinajstić information content (AvgIpc) is 3.61. The van der Waals surface area contributed by atoms with E-state index >= 15 is 0 Å². The molecule has 2 fully saturated rings. The van der Waals surface area contributed by atoms with E-state index in [-0.39, 0.29) is 0 Å². The zero-order chi connectivity index (χ0) is 23.6. The summed E-state index contributed by atoms with van der Waals surface area (Å²) in [4.78, 5) is 14.7. The number of hydrogen-bond acceptors (Lipinski definition) is 6. The van der Waals surface area contributed by atoms with E-state index < -0.39 is 0 Å². The van der Waals surface area contributed by atoms with Gasteiger partial charge in [0.2, 0.25) is 11.8 Å². The number of furan rings is 1. The van der Waals surface area contributed by atoms with Gasteiger partial charge in [-0.05, 0) is 62.4 Å². The van der Waals surface area contributed by atoms with Crippen LogP contribution in [0.1, 0.15) is 62.0 Å². The molecule has 7 nitrogen and oxygen atoms in total. The normalized spacial score (nSPS) is 18.3. The van der Waals surface area contributed by atoms with E-state index in [0.717, 1.165) is 36.8 Å². The maximum atomic E-state index is 5.63. The molecule has 1 aliphatic carbocycles. The lowest BCUT2D eigenvalue weighted by Gasteiger charge is -2.33. The molecular formula is C28H34N6O. The number of fused-ring (bicyclic) bond motifs is 1. The highest BCUT2D eigenvalue weighted by molar-refractivity contribution is 5.58. The molecule has 3 aromatic heterocycles. The van der Waals surface area contributed by atoms with Gasteiger partial charge < -0.3 is 9.32 Å². The molecule has 1 saturated heterocycles. The largest absolute Gasteiger partial charge is 0.461 e. The van der Waals surface area contributed by atoms with E-state index in [1.54, 1.807) is 6.26 Å². The number of anilines is 1. The van der Waals surface area contributed by atoms with Gasteiger partial charge in [-0.15, -0.1) is 5.10 Å². The van der Waals surface area contributed by atoms with E-state index in [4.69, 9.17) is 19.5 Å². The second kappa shape index (κ2) is 9.82. The highest BCUT2D eigenvalue weighted by Crippen LogP contribution is 2.30. The van der Waals surface area contributed by atoms with E-state index in [1.165, 1.54) is 50.5 Å². The zero-order valence-electron chi connectivity index (χ0n) is 20.5. The van der Waals surface area contributed by atoms with Crippen LogP contribution < -0.4 is 4.90 Å². The van der Waals surface area contributed by atoms with E-state index in [2.05, 4.69) is 47.2 Å². The molecule has 1 aromatic carbocycles. The molecule has 6 rings (SSSR count). The molecule has 35 heavy (non-hydrogen) atoms. The molecule has 7 heteroatoms. The summed E-state index contributed by atoms with van der Waals surface area (Å²) in [6.07, 6.45) is 12.4. The number of likely N-dealkylation sites (tertiary alicyclic amines) is 1. The van der Waals surface area contributed by atoms with Crippen LogP contribution in [0.3, 0.4) is 0 Å². The quantitative estimate of drug-likeness (QED) is 0.369. The molecule has 0 N–H and O–H groups in total. The predicted octanol–water partition coefficient (Wildman–Crippen LogP) is 5.53. The summed E-state index contributed by atoms with van der Waals surface area (Å²) in [6, 6.07) is 15.2. The Labute approximate surface area is 206 Å². The molecule has 0 radical (unpaired) electrons. The number of benzene rings is 1. The van der Waals surface area contributed by atoms with Gasteiger partial charge in [0.05, 0.1) is 6.26 Å². The molecule has 2 aliphatic rings. The number of aromatic nitrogens is 4. The van der Waals surface area contributed by atoms with Crippen LogP contribution in [0.4, 0.5) is 5.95 Å². The summed E-state index contributed by atoms with van der Waals surface area (Å²) in [7, 11) is 2.15. The first kappa shape index (κ1) is 22.3. The third-order valence-electron chi connectivity index (χ3n) is 7.85.